The van der Waals surface area contributed by atoms with Crippen LogP contribution in [-0.4, -0.2) is 59.5 Å². The van der Waals surface area contributed by atoms with Crippen LogP contribution in [0.1, 0.15) is 27.7 Å². The Kier molecular flexibility index (Phi) is 14.5. The molecule has 0 aliphatic heterocycles. The molecule has 0 heterocycles. The number of carbonyl (C=O) groups is 2. The zero-order valence-corrected chi connectivity index (χ0v) is 16.0. The number of hydrogen-bond acceptors (Lipinski definition) is 8. The zero-order chi connectivity index (χ0) is 16.4. The van der Waals surface area contributed by atoms with Gasteiger partial charge in [0.15, 0.2) is 0 Å². The van der Waals surface area contributed by atoms with Gasteiger partial charge in [-0.25, -0.2) is 0 Å². The summed E-state index contributed by atoms with van der Waals surface area (Å²) in [6, 6.07) is 0. The molecular formula is C12H24N2O6Zn. The van der Waals surface area contributed by atoms with Gasteiger partial charge in [-0.15, -0.1) is 0 Å². The standard InChI is InChI=1S/2C6H13NO3.Zn/c2*1-6(2,5(9)10)7-3-4-8;/h2*7-8H,3-4H2,1-2H3,(H,9,10);/q;;+2/p-2. The Labute approximate surface area is 137 Å². The molecule has 0 atom stereocenters. The third-order valence-corrected chi connectivity index (χ3v) is 2.38. The Morgan fingerprint density at radius 2 is 1.10 bits per heavy atom. The van der Waals surface area contributed by atoms with Gasteiger partial charge in [-0.2, -0.15) is 0 Å². The van der Waals surface area contributed by atoms with Gasteiger partial charge in [0.2, 0.25) is 0 Å². The van der Waals surface area contributed by atoms with E-state index in [0.29, 0.717) is 0 Å². The second-order valence-corrected chi connectivity index (χ2v) is 5.13. The van der Waals surface area contributed by atoms with Crippen molar-refractivity contribution in [2.75, 3.05) is 26.3 Å². The van der Waals surface area contributed by atoms with Gasteiger partial charge in [0.1, 0.15) is 0 Å². The average molecular weight is 358 g/mol. The molecule has 9 heteroatoms. The van der Waals surface area contributed by atoms with Crippen LogP contribution in [0.4, 0.5) is 0 Å². The Morgan fingerprint density at radius 3 is 1.24 bits per heavy atom. The van der Waals surface area contributed by atoms with Gasteiger partial charge in [0.25, 0.3) is 0 Å². The first-order chi connectivity index (χ1) is 9.01. The van der Waals surface area contributed by atoms with Crippen molar-refractivity contribution in [1.82, 2.24) is 10.6 Å². The van der Waals surface area contributed by atoms with Gasteiger partial charge in [-0.3, -0.25) is 0 Å². The summed E-state index contributed by atoms with van der Waals surface area (Å²) in [7, 11) is 0. The molecule has 0 aromatic rings. The number of carboxylic acids is 2. The van der Waals surface area contributed by atoms with Crippen molar-refractivity contribution < 1.29 is 49.5 Å². The number of aliphatic hydroxyl groups is 2. The average Bonchev–Trinajstić information content (AvgIpc) is 2.34. The van der Waals surface area contributed by atoms with Crippen LogP contribution in [0.25, 0.3) is 0 Å². The van der Waals surface area contributed by atoms with Crippen molar-refractivity contribution in [2.45, 2.75) is 38.8 Å². The molecule has 0 unspecified atom stereocenters. The smallest absolute Gasteiger partial charge is 0.548 e. The van der Waals surface area contributed by atoms with Gasteiger partial charge in [0.05, 0.1) is 36.2 Å². The molecule has 0 saturated heterocycles. The van der Waals surface area contributed by atoms with E-state index in [4.69, 9.17) is 10.2 Å². The number of hydrogen-bond donors (Lipinski definition) is 4. The van der Waals surface area contributed by atoms with Crippen LogP contribution >= 0.6 is 0 Å². The summed E-state index contributed by atoms with van der Waals surface area (Å²) in [6.45, 7) is 6.32. The largest absolute Gasteiger partial charge is 2.00 e. The monoisotopic (exact) mass is 356 g/mol. The molecule has 0 saturated carbocycles. The van der Waals surface area contributed by atoms with Crippen molar-refractivity contribution >= 4 is 11.9 Å². The zero-order valence-electron chi connectivity index (χ0n) is 13.1. The second kappa shape index (κ2) is 12.0. The van der Waals surface area contributed by atoms with Crippen molar-refractivity contribution in [3.63, 3.8) is 0 Å². The number of rotatable bonds is 8. The van der Waals surface area contributed by atoms with Crippen molar-refractivity contribution in [3.8, 4) is 0 Å². The van der Waals surface area contributed by atoms with E-state index in [-0.39, 0.29) is 45.8 Å². The number of β-amino-alcohol motifs (C(OH)–C–C–N with tert-alkyl or cyclic N) is 2. The summed E-state index contributed by atoms with van der Waals surface area (Å²) >= 11 is 0. The molecule has 0 spiro atoms. The molecule has 21 heavy (non-hydrogen) atoms. The van der Waals surface area contributed by atoms with E-state index in [1.807, 2.05) is 0 Å². The third-order valence-electron chi connectivity index (χ3n) is 2.38. The minimum absolute atomic E-state index is 0. The summed E-state index contributed by atoms with van der Waals surface area (Å²) in [5.41, 5.74) is -2.11. The predicted molar refractivity (Wildman–Crippen MR) is 68.3 cm³/mol. The fourth-order valence-electron chi connectivity index (χ4n) is 0.881. The molecule has 0 rings (SSSR count). The molecule has 8 nitrogen and oxygen atoms in total. The molecule has 0 fully saturated rings. The predicted octanol–water partition coefficient (Wildman–Crippen LogP) is -3.81. The number of aliphatic carboxylic acids is 2. The second-order valence-electron chi connectivity index (χ2n) is 5.13. The molecular weight excluding hydrogens is 334 g/mol. The molecule has 0 amide bonds. The molecule has 0 aromatic carbocycles. The van der Waals surface area contributed by atoms with Crippen LogP contribution in [0.15, 0.2) is 0 Å². The topological polar surface area (TPSA) is 145 Å². The fourth-order valence-corrected chi connectivity index (χ4v) is 0.881. The quantitative estimate of drug-likeness (QED) is 0.324. The van der Waals surface area contributed by atoms with Crippen molar-refractivity contribution in [2.24, 2.45) is 0 Å². The van der Waals surface area contributed by atoms with Crippen molar-refractivity contribution in [1.29, 1.82) is 0 Å². The summed E-state index contributed by atoms with van der Waals surface area (Å²) in [4.78, 5) is 20.5. The van der Waals surface area contributed by atoms with Gasteiger partial charge >= 0.3 is 19.5 Å². The number of nitrogens with one attached hydrogen (secondary N) is 2. The number of carbonyl (C=O) groups excluding carboxylic acids is 2. The number of carboxylic acid groups (broad SMARTS) is 2. The maximum Gasteiger partial charge on any atom is 2.00 e. The summed E-state index contributed by atoms with van der Waals surface area (Å²) < 4.78 is 0. The van der Waals surface area contributed by atoms with Gasteiger partial charge in [-0.1, -0.05) is 0 Å². The van der Waals surface area contributed by atoms with E-state index in [9.17, 15) is 19.8 Å². The van der Waals surface area contributed by atoms with E-state index < -0.39 is 23.0 Å². The maximum absolute atomic E-state index is 10.3. The van der Waals surface area contributed by atoms with Crippen LogP contribution in [-0.2, 0) is 29.1 Å². The molecule has 0 aliphatic carbocycles. The van der Waals surface area contributed by atoms with Crippen LogP contribution in [0, 0.1) is 0 Å². The minimum atomic E-state index is -1.17. The van der Waals surface area contributed by atoms with E-state index in [1.165, 1.54) is 27.7 Å². The van der Waals surface area contributed by atoms with E-state index >= 15 is 0 Å². The molecule has 4 N–H and O–H groups in total. The Morgan fingerprint density at radius 1 is 0.857 bits per heavy atom. The first kappa shape index (κ1) is 25.4. The van der Waals surface area contributed by atoms with E-state index in [1.54, 1.807) is 0 Å². The Hall–Kier alpha value is -0.597. The fraction of sp³-hybridized carbons (Fsp3) is 0.833. The van der Waals surface area contributed by atoms with E-state index in [0.717, 1.165) is 0 Å². The summed E-state index contributed by atoms with van der Waals surface area (Å²) in [5, 5.41) is 42.4. The summed E-state index contributed by atoms with van der Waals surface area (Å²) in [5.74, 6) is -2.33. The van der Waals surface area contributed by atoms with Gasteiger partial charge < -0.3 is 40.6 Å². The Bertz CT molecular complexity index is 280. The van der Waals surface area contributed by atoms with Gasteiger partial charge in [-0.05, 0) is 27.7 Å². The summed E-state index contributed by atoms with van der Waals surface area (Å²) in [6.07, 6.45) is 0. The van der Waals surface area contributed by atoms with Crippen LogP contribution < -0.4 is 20.8 Å². The molecule has 0 radical (unpaired) electrons. The first-order valence-electron chi connectivity index (χ1n) is 6.16. The SMILES string of the molecule is CC(C)(NCCO)C(=O)[O-].CC(C)(NCCO)C(=O)[O-].[Zn+2]. The van der Waals surface area contributed by atoms with E-state index in [2.05, 4.69) is 10.6 Å². The normalized spacial score (nSPS) is 11.0. The van der Waals surface area contributed by atoms with Crippen LogP contribution in [0.3, 0.4) is 0 Å². The van der Waals surface area contributed by atoms with Crippen LogP contribution in [0.5, 0.6) is 0 Å². The Balaban J connectivity index is -0.000000295. The van der Waals surface area contributed by atoms with Crippen molar-refractivity contribution in [3.05, 3.63) is 0 Å². The molecule has 120 valence electrons. The van der Waals surface area contributed by atoms with Crippen LogP contribution in [0.2, 0.25) is 0 Å². The van der Waals surface area contributed by atoms with Gasteiger partial charge in [0, 0.05) is 13.1 Å². The first-order valence-corrected chi connectivity index (χ1v) is 6.16. The number of aliphatic hydroxyl groups excluding tert-OH is 2. The molecule has 0 bridgehead atoms. The molecule has 0 aromatic heterocycles. The minimum Gasteiger partial charge on any atom is -0.548 e. The third kappa shape index (κ3) is 12.8. The maximum atomic E-state index is 10.3. The molecule has 0 aliphatic rings.